The molecule has 1 aliphatic rings. The molecule has 1 N–H and O–H groups in total. The standard InChI is InChI=1S/C15H13F3N4O/c1-8-12-13(22(2)21-8)14(23)19-7-11(20-12)9-3-5-10(6-4-9)15(16,17)18/h3-6H,7H2,1-2H3,(H,19,23). The van der Waals surface area contributed by atoms with Crippen molar-refractivity contribution in [2.24, 2.45) is 12.0 Å². The van der Waals surface area contributed by atoms with Gasteiger partial charge in [-0.2, -0.15) is 18.3 Å². The van der Waals surface area contributed by atoms with Gasteiger partial charge in [-0.15, -0.1) is 0 Å². The maximum atomic E-state index is 12.6. The molecule has 0 radical (unpaired) electrons. The van der Waals surface area contributed by atoms with Crippen molar-refractivity contribution in [2.45, 2.75) is 13.1 Å². The van der Waals surface area contributed by atoms with Crippen LogP contribution in [-0.4, -0.2) is 27.9 Å². The molecule has 0 saturated carbocycles. The predicted octanol–water partition coefficient (Wildman–Crippen LogP) is 2.61. The third kappa shape index (κ3) is 2.71. The van der Waals surface area contributed by atoms with Gasteiger partial charge in [-0.3, -0.25) is 9.48 Å². The molecule has 0 atom stereocenters. The van der Waals surface area contributed by atoms with E-state index < -0.39 is 11.7 Å². The lowest BCUT2D eigenvalue weighted by atomic mass is 10.1. The van der Waals surface area contributed by atoms with E-state index in [0.29, 0.717) is 28.4 Å². The molecule has 5 nitrogen and oxygen atoms in total. The first-order valence-electron chi connectivity index (χ1n) is 6.84. The molecular formula is C15H13F3N4O. The summed E-state index contributed by atoms with van der Waals surface area (Å²) < 4.78 is 39.3. The lowest BCUT2D eigenvalue weighted by Gasteiger charge is -2.09. The zero-order chi connectivity index (χ0) is 16.8. The summed E-state index contributed by atoms with van der Waals surface area (Å²) in [5.74, 6) is -0.311. The summed E-state index contributed by atoms with van der Waals surface area (Å²) >= 11 is 0. The Morgan fingerprint density at radius 3 is 2.48 bits per heavy atom. The van der Waals surface area contributed by atoms with Crippen molar-refractivity contribution in [3.05, 3.63) is 46.8 Å². The number of aryl methyl sites for hydroxylation is 2. The second-order valence-electron chi connectivity index (χ2n) is 5.22. The van der Waals surface area contributed by atoms with Gasteiger partial charge in [0.15, 0.2) is 5.69 Å². The summed E-state index contributed by atoms with van der Waals surface area (Å²) in [4.78, 5) is 16.5. The minimum atomic E-state index is -4.38. The van der Waals surface area contributed by atoms with Crippen LogP contribution in [0.3, 0.4) is 0 Å². The second kappa shape index (κ2) is 5.22. The largest absolute Gasteiger partial charge is 0.416 e. The summed E-state index contributed by atoms with van der Waals surface area (Å²) in [5.41, 5.74) is 1.65. The predicted molar refractivity (Wildman–Crippen MR) is 77.9 cm³/mol. The Balaban J connectivity index is 2.04. The molecule has 1 aromatic carbocycles. The zero-order valence-electron chi connectivity index (χ0n) is 12.4. The van der Waals surface area contributed by atoms with E-state index in [0.717, 1.165) is 12.1 Å². The van der Waals surface area contributed by atoms with Crippen LogP contribution in [0.5, 0.6) is 0 Å². The van der Waals surface area contributed by atoms with Crippen molar-refractivity contribution in [2.75, 3.05) is 6.54 Å². The van der Waals surface area contributed by atoms with Gasteiger partial charge < -0.3 is 5.32 Å². The first kappa shape index (κ1) is 15.3. The number of carbonyl (C=O) groups is 1. The molecule has 23 heavy (non-hydrogen) atoms. The molecule has 2 aromatic rings. The van der Waals surface area contributed by atoms with Crippen LogP contribution < -0.4 is 5.32 Å². The number of fused-ring (bicyclic) bond motifs is 1. The van der Waals surface area contributed by atoms with E-state index in [1.54, 1.807) is 14.0 Å². The van der Waals surface area contributed by atoms with Gasteiger partial charge in [-0.1, -0.05) is 12.1 Å². The third-order valence-corrected chi connectivity index (χ3v) is 3.61. The van der Waals surface area contributed by atoms with Crippen LogP contribution in [0, 0.1) is 6.92 Å². The number of rotatable bonds is 1. The normalized spacial score (nSPS) is 14.8. The molecule has 120 valence electrons. The number of alkyl halides is 3. The molecule has 0 unspecified atom stereocenters. The number of halogens is 3. The average molecular weight is 322 g/mol. The van der Waals surface area contributed by atoms with Crippen molar-refractivity contribution in [1.29, 1.82) is 0 Å². The Morgan fingerprint density at radius 2 is 1.87 bits per heavy atom. The van der Waals surface area contributed by atoms with E-state index in [1.807, 2.05) is 0 Å². The molecule has 1 aliphatic heterocycles. The number of hydrogen-bond donors (Lipinski definition) is 1. The Bertz CT molecular complexity index is 803. The van der Waals surface area contributed by atoms with E-state index >= 15 is 0 Å². The van der Waals surface area contributed by atoms with Crippen LogP contribution in [0.15, 0.2) is 29.3 Å². The summed E-state index contributed by atoms with van der Waals surface area (Å²) in [7, 11) is 1.64. The van der Waals surface area contributed by atoms with Gasteiger partial charge in [0.05, 0.1) is 23.5 Å². The van der Waals surface area contributed by atoms with Gasteiger partial charge in [0.1, 0.15) is 5.69 Å². The number of nitrogens with one attached hydrogen (secondary N) is 1. The molecule has 3 rings (SSSR count). The van der Waals surface area contributed by atoms with Crippen LogP contribution in [0.4, 0.5) is 18.9 Å². The van der Waals surface area contributed by atoms with E-state index in [4.69, 9.17) is 0 Å². The molecular weight excluding hydrogens is 309 g/mol. The van der Waals surface area contributed by atoms with Gasteiger partial charge in [0.2, 0.25) is 0 Å². The maximum Gasteiger partial charge on any atom is 0.416 e. The molecule has 0 bridgehead atoms. The average Bonchev–Trinajstić information content (AvgIpc) is 2.66. The van der Waals surface area contributed by atoms with E-state index in [2.05, 4.69) is 15.4 Å². The van der Waals surface area contributed by atoms with Crippen molar-refractivity contribution in [3.63, 3.8) is 0 Å². The highest BCUT2D eigenvalue weighted by Crippen LogP contribution is 2.30. The van der Waals surface area contributed by atoms with Crippen molar-refractivity contribution < 1.29 is 18.0 Å². The number of carbonyl (C=O) groups excluding carboxylic acids is 1. The Morgan fingerprint density at radius 1 is 1.22 bits per heavy atom. The molecule has 0 spiro atoms. The van der Waals surface area contributed by atoms with Gasteiger partial charge in [-0.05, 0) is 24.6 Å². The highest BCUT2D eigenvalue weighted by molar-refractivity contribution is 6.10. The lowest BCUT2D eigenvalue weighted by Crippen LogP contribution is -2.29. The van der Waals surface area contributed by atoms with E-state index in [-0.39, 0.29) is 12.5 Å². The highest BCUT2D eigenvalue weighted by atomic mass is 19.4. The monoisotopic (exact) mass is 322 g/mol. The van der Waals surface area contributed by atoms with Crippen LogP contribution in [0.2, 0.25) is 0 Å². The van der Waals surface area contributed by atoms with Crippen LogP contribution in [0.1, 0.15) is 27.3 Å². The first-order valence-corrected chi connectivity index (χ1v) is 6.84. The molecule has 8 heteroatoms. The van der Waals surface area contributed by atoms with Crippen molar-refractivity contribution in [3.8, 4) is 0 Å². The Labute approximate surface area is 129 Å². The number of aromatic nitrogens is 2. The van der Waals surface area contributed by atoms with Crippen LogP contribution in [0.25, 0.3) is 0 Å². The van der Waals surface area contributed by atoms with E-state index in [1.165, 1.54) is 16.8 Å². The van der Waals surface area contributed by atoms with Gasteiger partial charge in [0, 0.05) is 7.05 Å². The second-order valence-corrected chi connectivity index (χ2v) is 5.22. The Hall–Kier alpha value is -2.64. The van der Waals surface area contributed by atoms with Gasteiger partial charge in [0.25, 0.3) is 5.91 Å². The maximum absolute atomic E-state index is 12.6. The highest BCUT2D eigenvalue weighted by Gasteiger charge is 2.30. The zero-order valence-corrected chi connectivity index (χ0v) is 12.4. The quantitative estimate of drug-likeness (QED) is 0.877. The van der Waals surface area contributed by atoms with Gasteiger partial charge >= 0.3 is 6.18 Å². The minimum Gasteiger partial charge on any atom is -0.345 e. The van der Waals surface area contributed by atoms with Crippen LogP contribution in [-0.2, 0) is 13.2 Å². The third-order valence-electron chi connectivity index (χ3n) is 3.61. The van der Waals surface area contributed by atoms with Crippen molar-refractivity contribution >= 4 is 17.3 Å². The number of nitrogens with zero attached hydrogens (tertiary/aromatic N) is 3. The smallest absolute Gasteiger partial charge is 0.345 e. The number of amides is 1. The molecule has 2 heterocycles. The fourth-order valence-corrected chi connectivity index (χ4v) is 2.48. The molecule has 0 saturated heterocycles. The fourth-order valence-electron chi connectivity index (χ4n) is 2.48. The Kier molecular flexibility index (Phi) is 3.46. The minimum absolute atomic E-state index is 0.137. The summed E-state index contributed by atoms with van der Waals surface area (Å²) in [6.07, 6.45) is -4.38. The first-order chi connectivity index (χ1) is 10.8. The summed E-state index contributed by atoms with van der Waals surface area (Å²) in [6.45, 7) is 1.86. The molecule has 1 aromatic heterocycles. The summed E-state index contributed by atoms with van der Waals surface area (Å²) in [5, 5.41) is 6.85. The molecule has 1 amide bonds. The summed E-state index contributed by atoms with van der Waals surface area (Å²) in [6, 6.07) is 4.71. The lowest BCUT2D eigenvalue weighted by molar-refractivity contribution is -0.137. The van der Waals surface area contributed by atoms with Crippen LogP contribution >= 0.6 is 0 Å². The SMILES string of the molecule is Cc1nn(C)c2c1N=C(c1ccc(C(F)(F)F)cc1)CNC2=O. The van der Waals surface area contributed by atoms with Gasteiger partial charge in [-0.25, -0.2) is 4.99 Å². The molecule has 0 fully saturated rings. The fraction of sp³-hybridized carbons (Fsp3) is 0.267. The molecule has 0 aliphatic carbocycles. The topological polar surface area (TPSA) is 59.3 Å². The van der Waals surface area contributed by atoms with Crippen molar-refractivity contribution in [1.82, 2.24) is 15.1 Å². The van der Waals surface area contributed by atoms with E-state index in [9.17, 15) is 18.0 Å². The number of benzene rings is 1. The number of aliphatic imine (C=N–C) groups is 1. The number of hydrogen-bond acceptors (Lipinski definition) is 3.